The van der Waals surface area contributed by atoms with Gasteiger partial charge in [-0.05, 0) is 36.2 Å². The van der Waals surface area contributed by atoms with Gasteiger partial charge in [0.15, 0.2) is 0 Å². The highest BCUT2D eigenvalue weighted by Crippen LogP contribution is 2.24. The van der Waals surface area contributed by atoms with E-state index in [4.69, 9.17) is 21.1 Å². The van der Waals surface area contributed by atoms with Crippen LogP contribution in [0.5, 0.6) is 11.5 Å². The van der Waals surface area contributed by atoms with Gasteiger partial charge in [0.05, 0.1) is 0 Å². The number of H-pyrrole nitrogens is 1. The summed E-state index contributed by atoms with van der Waals surface area (Å²) >= 11 is 5.82. The van der Waals surface area contributed by atoms with Crippen molar-refractivity contribution in [2.75, 3.05) is 19.8 Å². The standard InChI is InChI=1S/C19H20ClN3O3/c1-13(24)21-6-4-14-12-23-18-3-2-15(10-17(14)18)25-8-9-26-16-5-7-22-19(20)11-16/h2-3,5,7,10-12,23H,4,6,8-9H2,1H3,(H,21,24). The largest absolute Gasteiger partial charge is 0.490 e. The summed E-state index contributed by atoms with van der Waals surface area (Å²) in [4.78, 5) is 18.1. The molecule has 26 heavy (non-hydrogen) atoms. The molecule has 0 saturated carbocycles. The summed E-state index contributed by atoms with van der Waals surface area (Å²) in [6.45, 7) is 2.94. The smallest absolute Gasteiger partial charge is 0.216 e. The number of benzene rings is 1. The maximum absolute atomic E-state index is 11.0. The van der Waals surface area contributed by atoms with Gasteiger partial charge in [0.1, 0.15) is 29.9 Å². The van der Waals surface area contributed by atoms with Crippen molar-refractivity contribution in [3.8, 4) is 11.5 Å². The predicted octanol–water partition coefficient (Wildman–Crippen LogP) is 3.35. The molecule has 2 N–H and O–H groups in total. The maximum Gasteiger partial charge on any atom is 0.216 e. The zero-order valence-electron chi connectivity index (χ0n) is 14.4. The molecule has 0 saturated heterocycles. The lowest BCUT2D eigenvalue weighted by Gasteiger charge is -2.09. The van der Waals surface area contributed by atoms with Crippen LogP contribution < -0.4 is 14.8 Å². The minimum absolute atomic E-state index is 0.0238. The monoisotopic (exact) mass is 373 g/mol. The molecule has 1 amide bonds. The van der Waals surface area contributed by atoms with E-state index in [-0.39, 0.29) is 5.91 Å². The number of carbonyl (C=O) groups is 1. The first kappa shape index (κ1) is 18.1. The third-order valence-electron chi connectivity index (χ3n) is 3.83. The van der Waals surface area contributed by atoms with Gasteiger partial charge in [0, 0.05) is 42.8 Å². The van der Waals surface area contributed by atoms with Crippen LogP contribution in [0.1, 0.15) is 12.5 Å². The molecular weight excluding hydrogens is 354 g/mol. The molecule has 0 unspecified atom stereocenters. The van der Waals surface area contributed by atoms with Crippen molar-refractivity contribution in [1.29, 1.82) is 0 Å². The second-order valence-electron chi connectivity index (χ2n) is 5.77. The van der Waals surface area contributed by atoms with E-state index in [1.54, 1.807) is 18.3 Å². The first-order chi connectivity index (χ1) is 12.6. The van der Waals surface area contributed by atoms with Gasteiger partial charge in [-0.1, -0.05) is 11.6 Å². The van der Waals surface area contributed by atoms with Crippen molar-refractivity contribution in [2.45, 2.75) is 13.3 Å². The first-order valence-corrected chi connectivity index (χ1v) is 8.71. The second kappa shape index (κ2) is 8.58. The average Bonchev–Trinajstić information content (AvgIpc) is 3.01. The number of amides is 1. The molecule has 0 spiro atoms. The van der Waals surface area contributed by atoms with Gasteiger partial charge in [0.2, 0.25) is 5.91 Å². The normalized spacial score (nSPS) is 10.7. The molecule has 136 valence electrons. The molecule has 3 rings (SSSR count). The van der Waals surface area contributed by atoms with Crippen LogP contribution >= 0.6 is 11.6 Å². The van der Waals surface area contributed by atoms with Crippen LogP contribution in [0, 0.1) is 0 Å². The molecule has 0 radical (unpaired) electrons. The van der Waals surface area contributed by atoms with E-state index in [1.807, 2.05) is 24.4 Å². The van der Waals surface area contributed by atoms with Gasteiger partial charge < -0.3 is 19.8 Å². The van der Waals surface area contributed by atoms with Crippen molar-refractivity contribution in [2.24, 2.45) is 0 Å². The fourth-order valence-corrected chi connectivity index (χ4v) is 2.78. The molecule has 7 heteroatoms. The summed E-state index contributed by atoms with van der Waals surface area (Å²) in [5, 5.41) is 4.30. The highest BCUT2D eigenvalue weighted by molar-refractivity contribution is 6.29. The highest BCUT2D eigenvalue weighted by Gasteiger charge is 2.06. The van der Waals surface area contributed by atoms with Crippen LogP contribution in [0.4, 0.5) is 0 Å². The number of hydrogen-bond donors (Lipinski definition) is 2. The van der Waals surface area contributed by atoms with Gasteiger partial charge in [-0.15, -0.1) is 0 Å². The van der Waals surface area contributed by atoms with Crippen molar-refractivity contribution in [3.63, 3.8) is 0 Å². The van der Waals surface area contributed by atoms with Crippen LogP contribution in [0.3, 0.4) is 0 Å². The van der Waals surface area contributed by atoms with Gasteiger partial charge >= 0.3 is 0 Å². The van der Waals surface area contributed by atoms with E-state index in [0.29, 0.717) is 30.7 Å². The maximum atomic E-state index is 11.0. The Kier molecular flexibility index (Phi) is 5.96. The number of ether oxygens (including phenoxy) is 2. The van der Waals surface area contributed by atoms with Gasteiger partial charge in [-0.25, -0.2) is 4.98 Å². The van der Waals surface area contributed by atoms with Gasteiger partial charge in [-0.2, -0.15) is 0 Å². The fourth-order valence-electron chi connectivity index (χ4n) is 2.62. The average molecular weight is 374 g/mol. The summed E-state index contributed by atoms with van der Waals surface area (Å²) < 4.78 is 11.4. The number of fused-ring (bicyclic) bond motifs is 1. The molecule has 0 fully saturated rings. The molecule has 2 aromatic heterocycles. The number of carbonyl (C=O) groups excluding carboxylic acids is 1. The Hall–Kier alpha value is -2.73. The number of pyridine rings is 1. The summed E-state index contributed by atoms with van der Waals surface area (Å²) in [5.41, 5.74) is 2.18. The first-order valence-electron chi connectivity index (χ1n) is 8.33. The third kappa shape index (κ3) is 4.89. The van der Waals surface area contributed by atoms with E-state index < -0.39 is 0 Å². The van der Waals surface area contributed by atoms with E-state index in [2.05, 4.69) is 15.3 Å². The Labute approximate surface area is 156 Å². The number of nitrogens with one attached hydrogen (secondary N) is 2. The van der Waals surface area contributed by atoms with E-state index in [1.165, 1.54) is 6.92 Å². The van der Waals surface area contributed by atoms with Crippen LogP contribution in [-0.4, -0.2) is 35.6 Å². The fraction of sp³-hybridized carbons (Fsp3) is 0.263. The lowest BCUT2D eigenvalue weighted by Crippen LogP contribution is -2.22. The Balaban J connectivity index is 1.55. The van der Waals surface area contributed by atoms with Crippen molar-refractivity contribution in [1.82, 2.24) is 15.3 Å². The van der Waals surface area contributed by atoms with Crippen LogP contribution in [0.15, 0.2) is 42.7 Å². The Morgan fingerprint density at radius 1 is 1.19 bits per heavy atom. The molecule has 0 aliphatic rings. The molecule has 0 atom stereocenters. The molecule has 6 nitrogen and oxygen atoms in total. The van der Waals surface area contributed by atoms with E-state index in [0.717, 1.165) is 28.6 Å². The van der Waals surface area contributed by atoms with Crippen LogP contribution in [-0.2, 0) is 11.2 Å². The summed E-state index contributed by atoms with van der Waals surface area (Å²) in [5.74, 6) is 1.41. The van der Waals surface area contributed by atoms with Crippen molar-refractivity contribution >= 4 is 28.4 Å². The zero-order valence-corrected chi connectivity index (χ0v) is 15.2. The highest BCUT2D eigenvalue weighted by atomic mass is 35.5. The zero-order chi connectivity index (χ0) is 18.4. The number of rotatable bonds is 8. The molecule has 0 aliphatic carbocycles. The Bertz CT molecular complexity index is 895. The van der Waals surface area contributed by atoms with E-state index in [9.17, 15) is 4.79 Å². The Morgan fingerprint density at radius 3 is 2.69 bits per heavy atom. The van der Waals surface area contributed by atoms with Crippen molar-refractivity contribution in [3.05, 3.63) is 53.4 Å². The molecule has 1 aromatic carbocycles. The summed E-state index contributed by atoms with van der Waals surface area (Å²) in [7, 11) is 0. The van der Waals surface area contributed by atoms with Gasteiger partial charge in [-0.3, -0.25) is 4.79 Å². The molecule has 0 aliphatic heterocycles. The quantitative estimate of drug-likeness (QED) is 0.469. The second-order valence-corrected chi connectivity index (χ2v) is 6.15. The predicted molar refractivity (Wildman–Crippen MR) is 101 cm³/mol. The lowest BCUT2D eigenvalue weighted by atomic mass is 10.1. The Morgan fingerprint density at radius 2 is 1.96 bits per heavy atom. The SMILES string of the molecule is CC(=O)NCCc1c[nH]c2ccc(OCCOc3ccnc(Cl)c3)cc12. The number of nitrogens with zero attached hydrogens (tertiary/aromatic N) is 1. The number of aromatic nitrogens is 2. The molecular formula is C19H20ClN3O3. The number of hydrogen-bond acceptors (Lipinski definition) is 4. The van der Waals surface area contributed by atoms with E-state index >= 15 is 0 Å². The topological polar surface area (TPSA) is 76.2 Å². The number of aromatic amines is 1. The molecule has 3 aromatic rings. The van der Waals surface area contributed by atoms with Crippen molar-refractivity contribution < 1.29 is 14.3 Å². The minimum atomic E-state index is -0.0238. The van der Waals surface area contributed by atoms with Gasteiger partial charge in [0.25, 0.3) is 0 Å². The van der Waals surface area contributed by atoms with Crippen LogP contribution in [0.25, 0.3) is 10.9 Å². The lowest BCUT2D eigenvalue weighted by molar-refractivity contribution is -0.118. The minimum Gasteiger partial charge on any atom is -0.490 e. The third-order valence-corrected chi connectivity index (χ3v) is 4.03. The molecule has 0 bridgehead atoms. The number of halogens is 1. The molecule has 2 heterocycles. The van der Waals surface area contributed by atoms with Crippen LogP contribution in [0.2, 0.25) is 5.15 Å². The summed E-state index contributed by atoms with van der Waals surface area (Å²) in [6.07, 6.45) is 4.32. The summed E-state index contributed by atoms with van der Waals surface area (Å²) in [6, 6.07) is 9.31.